The van der Waals surface area contributed by atoms with Crippen LogP contribution in [0.5, 0.6) is 5.75 Å². The first kappa shape index (κ1) is 15.9. The second-order valence-corrected chi connectivity index (χ2v) is 5.33. The molecule has 6 heteroatoms. The lowest BCUT2D eigenvalue weighted by molar-refractivity contribution is -0.116. The zero-order valence-electron chi connectivity index (χ0n) is 13.2. The van der Waals surface area contributed by atoms with Crippen molar-refractivity contribution in [2.24, 2.45) is 10.2 Å². The van der Waals surface area contributed by atoms with Gasteiger partial charge in [0.25, 0.3) is 5.91 Å². The van der Waals surface area contributed by atoms with Gasteiger partial charge in [0.2, 0.25) is 5.91 Å². The lowest BCUT2D eigenvalue weighted by Gasteiger charge is -2.17. The Balaban J connectivity index is 1.67. The molecule has 2 aromatic rings. The van der Waals surface area contributed by atoms with Gasteiger partial charge in [-0.2, -0.15) is 5.11 Å². The zero-order valence-corrected chi connectivity index (χ0v) is 13.2. The highest BCUT2D eigenvalue weighted by Crippen LogP contribution is 2.30. The molecule has 1 aliphatic rings. The molecular weight excluding hydrogens is 306 g/mol. The van der Waals surface area contributed by atoms with Gasteiger partial charge < -0.3 is 10.1 Å². The van der Waals surface area contributed by atoms with Gasteiger partial charge in [-0.1, -0.05) is 18.2 Å². The number of fused-ring (bicyclic) bond motifs is 1. The fourth-order valence-electron chi connectivity index (χ4n) is 2.56. The van der Waals surface area contributed by atoms with Crippen LogP contribution in [0.15, 0.2) is 58.8 Å². The van der Waals surface area contributed by atoms with E-state index in [9.17, 15) is 9.59 Å². The minimum atomic E-state index is -0.443. The SMILES string of the molecule is CCOc1ccc(NC(=O)CC2N=NC(=O)c3ccccc32)cc1. The van der Waals surface area contributed by atoms with E-state index in [0.29, 0.717) is 17.9 Å². The molecule has 1 unspecified atom stereocenters. The molecule has 0 radical (unpaired) electrons. The van der Waals surface area contributed by atoms with Crippen LogP contribution in [0.3, 0.4) is 0 Å². The normalized spacial score (nSPS) is 15.7. The highest BCUT2D eigenvalue weighted by atomic mass is 16.5. The van der Waals surface area contributed by atoms with Crippen LogP contribution >= 0.6 is 0 Å². The number of carbonyl (C=O) groups excluding carboxylic acids is 2. The molecule has 1 aliphatic heterocycles. The lowest BCUT2D eigenvalue weighted by Crippen LogP contribution is -2.18. The van der Waals surface area contributed by atoms with E-state index in [1.807, 2.05) is 13.0 Å². The van der Waals surface area contributed by atoms with Gasteiger partial charge >= 0.3 is 0 Å². The molecule has 1 atom stereocenters. The van der Waals surface area contributed by atoms with Gasteiger partial charge in [0.1, 0.15) is 11.8 Å². The fraction of sp³-hybridized carbons (Fsp3) is 0.222. The third kappa shape index (κ3) is 3.48. The van der Waals surface area contributed by atoms with Gasteiger partial charge in [-0.25, -0.2) is 0 Å². The average molecular weight is 323 g/mol. The van der Waals surface area contributed by atoms with Crippen LogP contribution in [0.25, 0.3) is 0 Å². The predicted octanol–water partition coefficient (Wildman–Crippen LogP) is 3.76. The Morgan fingerprint density at radius 2 is 1.92 bits per heavy atom. The molecule has 3 rings (SSSR count). The number of rotatable bonds is 5. The molecule has 0 bridgehead atoms. The summed E-state index contributed by atoms with van der Waals surface area (Å²) in [6.07, 6.45) is 0.126. The number of anilines is 1. The molecule has 122 valence electrons. The van der Waals surface area contributed by atoms with Crippen molar-refractivity contribution in [2.45, 2.75) is 19.4 Å². The molecule has 24 heavy (non-hydrogen) atoms. The smallest absolute Gasteiger partial charge is 0.295 e. The maximum absolute atomic E-state index is 12.3. The number of carbonyl (C=O) groups is 2. The van der Waals surface area contributed by atoms with Crippen LogP contribution in [0.2, 0.25) is 0 Å². The Bertz CT molecular complexity index is 784. The average Bonchev–Trinajstić information content (AvgIpc) is 2.60. The molecule has 1 N–H and O–H groups in total. The van der Waals surface area contributed by atoms with E-state index in [4.69, 9.17) is 4.74 Å². The van der Waals surface area contributed by atoms with Crippen molar-refractivity contribution < 1.29 is 14.3 Å². The number of ether oxygens (including phenoxy) is 1. The third-order valence-corrected chi connectivity index (χ3v) is 3.67. The van der Waals surface area contributed by atoms with E-state index in [1.165, 1.54) is 0 Å². The molecule has 0 aromatic heterocycles. The first-order valence-electron chi connectivity index (χ1n) is 7.74. The molecule has 0 fully saturated rings. The number of azo groups is 1. The predicted molar refractivity (Wildman–Crippen MR) is 89.2 cm³/mol. The van der Waals surface area contributed by atoms with Gasteiger partial charge in [0.05, 0.1) is 13.0 Å². The van der Waals surface area contributed by atoms with Crippen molar-refractivity contribution in [1.29, 1.82) is 0 Å². The van der Waals surface area contributed by atoms with Gasteiger partial charge in [0.15, 0.2) is 0 Å². The third-order valence-electron chi connectivity index (χ3n) is 3.67. The molecule has 6 nitrogen and oxygen atoms in total. The topological polar surface area (TPSA) is 80.1 Å². The van der Waals surface area contributed by atoms with E-state index in [2.05, 4.69) is 15.5 Å². The van der Waals surface area contributed by atoms with E-state index < -0.39 is 6.04 Å². The molecule has 0 aliphatic carbocycles. The van der Waals surface area contributed by atoms with Crippen molar-refractivity contribution in [3.05, 3.63) is 59.7 Å². The van der Waals surface area contributed by atoms with Gasteiger partial charge in [-0.05, 0) is 42.8 Å². The van der Waals surface area contributed by atoms with Gasteiger partial charge in [-0.15, -0.1) is 5.11 Å². The summed E-state index contributed by atoms with van der Waals surface area (Å²) in [5.74, 6) is 0.199. The van der Waals surface area contributed by atoms with Gasteiger partial charge in [-0.3, -0.25) is 9.59 Å². The molecule has 2 aromatic carbocycles. The summed E-state index contributed by atoms with van der Waals surface area (Å²) in [5, 5.41) is 10.4. The first-order valence-corrected chi connectivity index (χ1v) is 7.74. The van der Waals surface area contributed by atoms with Crippen molar-refractivity contribution in [1.82, 2.24) is 0 Å². The van der Waals surface area contributed by atoms with Crippen molar-refractivity contribution in [3.8, 4) is 5.75 Å². The molecule has 2 amide bonds. The first-order chi connectivity index (χ1) is 11.7. The number of nitrogens with zero attached hydrogens (tertiary/aromatic N) is 2. The lowest BCUT2D eigenvalue weighted by atomic mass is 9.97. The Morgan fingerprint density at radius 3 is 2.67 bits per heavy atom. The number of hydrogen-bond donors (Lipinski definition) is 1. The Labute approximate surface area is 139 Å². The summed E-state index contributed by atoms with van der Waals surface area (Å²) in [6.45, 7) is 2.51. The molecule has 0 saturated carbocycles. The summed E-state index contributed by atoms with van der Waals surface area (Å²) < 4.78 is 5.36. The Kier molecular flexibility index (Phi) is 4.65. The summed E-state index contributed by atoms with van der Waals surface area (Å²) in [4.78, 5) is 24.0. The summed E-state index contributed by atoms with van der Waals surface area (Å²) >= 11 is 0. The number of hydrogen-bond acceptors (Lipinski definition) is 4. The van der Waals surface area contributed by atoms with Crippen LogP contribution in [0, 0.1) is 0 Å². The zero-order chi connectivity index (χ0) is 16.9. The van der Waals surface area contributed by atoms with E-state index in [1.54, 1.807) is 42.5 Å². The standard InChI is InChI=1S/C18H17N3O3/c1-2-24-13-9-7-12(8-10-13)19-17(22)11-16-14-5-3-4-6-15(14)18(23)21-20-16/h3-10,16H,2,11H2,1H3,(H,19,22). The Hall–Kier alpha value is -3.02. The quantitative estimate of drug-likeness (QED) is 0.909. The van der Waals surface area contributed by atoms with Crippen molar-refractivity contribution >= 4 is 17.5 Å². The van der Waals surface area contributed by atoms with E-state index in [0.717, 1.165) is 11.3 Å². The molecule has 1 heterocycles. The van der Waals surface area contributed by atoms with Crippen LogP contribution in [0.4, 0.5) is 5.69 Å². The van der Waals surface area contributed by atoms with Gasteiger partial charge in [0, 0.05) is 11.3 Å². The monoisotopic (exact) mass is 323 g/mol. The van der Waals surface area contributed by atoms with Crippen LogP contribution < -0.4 is 10.1 Å². The maximum Gasteiger partial charge on any atom is 0.295 e. The minimum absolute atomic E-state index is 0.126. The second-order valence-electron chi connectivity index (χ2n) is 5.33. The number of amides is 2. The van der Waals surface area contributed by atoms with E-state index in [-0.39, 0.29) is 18.2 Å². The van der Waals surface area contributed by atoms with E-state index >= 15 is 0 Å². The Morgan fingerprint density at radius 1 is 1.17 bits per heavy atom. The van der Waals surface area contributed by atoms with Crippen LogP contribution in [-0.2, 0) is 4.79 Å². The highest BCUT2D eigenvalue weighted by molar-refractivity contribution is 5.97. The maximum atomic E-state index is 12.3. The van der Waals surface area contributed by atoms with Crippen LogP contribution in [0.1, 0.15) is 35.3 Å². The molecule has 0 saturated heterocycles. The van der Waals surface area contributed by atoms with Crippen molar-refractivity contribution in [3.63, 3.8) is 0 Å². The minimum Gasteiger partial charge on any atom is -0.494 e. The summed E-state index contributed by atoms with van der Waals surface area (Å²) in [5.41, 5.74) is 1.92. The number of nitrogens with one attached hydrogen (secondary N) is 1. The summed E-state index contributed by atoms with van der Waals surface area (Å²) in [6, 6.07) is 13.8. The number of benzene rings is 2. The molecule has 0 spiro atoms. The van der Waals surface area contributed by atoms with Crippen LogP contribution in [-0.4, -0.2) is 18.4 Å². The summed E-state index contributed by atoms with van der Waals surface area (Å²) in [7, 11) is 0. The van der Waals surface area contributed by atoms with Crippen molar-refractivity contribution in [2.75, 3.05) is 11.9 Å². The molecular formula is C18H17N3O3. The highest BCUT2D eigenvalue weighted by Gasteiger charge is 2.25. The fourth-order valence-corrected chi connectivity index (χ4v) is 2.56. The second kappa shape index (κ2) is 7.04. The largest absolute Gasteiger partial charge is 0.494 e.